The van der Waals surface area contributed by atoms with Gasteiger partial charge in [-0.2, -0.15) is 0 Å². The molecule has 9 nitrogen and oxygen atoms in total. The van der Waals surface area contributed by atoms with E-state index in [9.17, 15) is 19.2 Å². The van der Waals surface area contributed by atoms with Crippen LogP contribution >= 0.6 is 0 Å². The van der Waals surface area contributed by atoms with E-state index in [0.717, 1.165) is 23.8 Å². The molecule has 1 aliphatic rings. The van der Waals surface area contributed by atoms with Gasteiger partial charge in [0, 0.05) is 25.8 Å². The molecule has 9 heteroatoms. The normalized spacial score (nSPS) is 13.3. The summed E-state index contributed by atoms with van der Waals surface area (Å²) in [6, 6.07) is 6.92. The van der Waals surface area contributed by atoms with Crippen LogP contribution in [0.25, 0.3) is 0 Å². The summed E-state index contributed by atoms with van der Waals surface area (Å²) in [5.41, 5.74) is 6.55. The van der Waals surface area contributed by atoms with Crippen molar-refractivity contribution < 1.29 is 14.3 Å². The van der Waals surface area contributed by atoms with E-state index < -0.39 is 29.6 Å². The fourth-order valence-electron chi connectivity index (χ4n) is 4.07. The smallest absolute Gasteiger partial charge is 0.340 e. The first kappa shape index (κ1) is 25.0. The molecule has 3 rings (SSSR count). The summed E-state index contributed by atoms with van der Waals surface area (Å²) in [6.45, 7) is 2.12. The van der Waals surface area contributed by atoms with Crippen LogP contribution in [0.4, 0.5) is 11.5 Å². The van der Waals surface area contributed by atoms with Gasteiger partial charge >= 0.3 is 11.7 Å². The molecule has 0 fully saturated rings. The number of ketones is 1. The molecule has 0 radical (unpaired) electrons. The Balaban J connectivity index is 1.69. The number of hydrogen-bond donors (Lipinski definition) is 2. The van der Waals surface area contributed by atoms with Gasteiger partial charge in [0.2, 0.25) is 5.78 Å². The number of esters is 1. The highest BCUT2D eigenvalue weighted by Gasteiger charge is 2.23. The zero-order chi connectivity index (χ0) is 24.7. The maximum Gasteiger partial charge on any atom is 0.340 e. The number of rotatable bonds is 10. The Morgan fingerprint density at radius 3 is 2.65 bits per heavy atom. The van der Waals surface area contributed by atoms with Crippen molar-refractivity contribution in [2.75, 3.05) is 24.2 Å². The quantitative estimate of drug-likeness (QED) is 0.312. The van der Waals surface area contributed by atoms with Crippen molar-refractivity contribution in [2.24, 2.45) is 7.05 Å². The Labute approximate surface area is 198 Å². The molecule has 34 heavy (non-hydrogen) atoms. The van der Waals surface area contributed by atoms with Gasteiger partial charge in [0.1, 0.15) is 11.4 Å². The van der Waals surface area contributed by atoms with Gasteiger partial charge in [0.25, 0.3) is 5.56 Å². The standard InChI is InChI=1S/C25H32N4O5/c1-3-15-29-22(26)21(23(31)28(2)25(29)33)20(30)16-34-24(32)18-11-7-8-12-19(18)27-14-13-17-9-5-4-6-10-17/h7-9,11-12,27H,3-6,10,13-16,26H2,1-2H3. The van der Waals surface area contributed by atoms with Crippen molar-refractivity contribution in [3.63, 3.8) is 0 Å². The Morgan fingerprint density at radius 1 is 1.18 bits per heavy atom. The van der Waals surface area contributed by atoms with Crippen molar-refractivity contribution in [2.45, 2.75) is 52.0 Å². The highest BCUT2D eigenvalue weighted by molar-refractivity contribution is 6.03. The average Bonchev–Trinajstić information content (AvgIpc) is 2.85. The summed E-state index contributed by atoms with van der Waals surface area (Å²) in [5.74, 6) is -1.66. The number of hydrogen-bond acceptors (Lipinski definition) is 7. The van der Waals surface area contributed by atoms with Crippen molar-refractivity contribution in [1.29, 1.82) is 0 Å². The molecule has 2 aromatic rings. The largest absolute Gasteiger partial charge is 0.454 e. The molecule has 0 unspecified atom stereocenters. The third-order valence-electron chi connectivity index (χ3n) is 5.94. The number of para-hydroxylation sites is 1. The zero-order valence-corrected chi connectivity index (χ0v) is 19.8. The summed E-state index contributed by atoms with van der Waals surface area (Å²) in [7, 11) is 1.28. The number of anilines is 2. The number of allylic oxidation sites excluding steroid dienone is 1. The van der Waals surface area contributed by atoms with Crippen molar-refractivity contribution in [3.8, 4) is 0 Å². The average molecular weight is 469 g/mol. The van der Waals surface area contributed by atoms with E-state index in [1.807, 2.05) is 13.0 Å². The molecule has 1 aliphatic carbocycles. The third kappa shape index (κ3) is 5.65. The van der Waals surface area contributed by atoms with Crippen LogP contribution in [-0.2, 0) is 18.3 Å². The topological polar surface area (TPSA) is 125 Å². The Hall–Kier alpha value is -3.62. The van der Waals surface area contributed by atoms with Gasteiger partial charge in [0.05, 0.1) is 5.56 Å². The summed E-state index contributed by atoms with van der Waals surface area (Å²) >= 11 is 0. The van der Waals surface area contributed by atoms with Crippen LogP contribution in [0.15, 0.2) is 45.5 Å². The van der Waals surface area contributed by atoms with Crippen LogP contribution in [0.3, 0.4) is 0 Å². The van der Waals surface area contributed by atoms with Gasteiger partial charge < -0.3 is 15.8 Å². The molecule has 0 saturated carbocycles. The van der Waals surface area contributed by atoms with E-state index in [0.29, 0.717) is 24.2 Å². The highest BCUT2D eigenvalue weighted by Crippen LogP contribution is 2.21. The molecule has 0 amide bonds. The van der Waals surface area contributed by atoms with Crippen LogP contribution < -0.4 is 22.3 Å². The maximum absolute atomic E-state index is 12.8. The number of nitrogen functional groups attached to an aromatic ring is 1. The second-order valence-electron chi connectivity index (χ2n) is 8.39. The molecular weight excluding hydrogens is 436 g/mol. The predicted octanol–water partition coefficient (Wildman–Crippen LogP) is 2.88. The number of carbonyl (C=O) groups is 2. The van der Waals surface area contributed by atoms with Gasteiger partial charge in [-0.25, -0.2) is 9.59 Å². The second kappa shape index (κ2) is 11.5. The van der Waals surface area contributed by atoms with E-state index in [2.05, 4.69) is 11.4 Å². The van der Waals surface area contributed by atoms with Crippen LogP contribution in [0.1, 0.15) is 66.2 Å². The third-order valence-corrected chi connectivity index (χ3v) is 5.94. The van der Waals surface area contributed by atoms with Gasteiger partial charge in [-0.1, -0.05) is 30.7 Å². The summed E-state index contributed by atoms with van der Waals surface area (Å²) in [4.78, 5) is 50.3. The fourth-order valence-corrected chi connectivity index (χ4v) is 4.07. The van der Waals surface area contributed by atoms with E-state index in [1.165, 1.54) is 30.0 Å². The minimum absolute atomic E-state index is 0.213. The lowest BCUT2D eigenvalue weighted by atomic mass is 9.97. The minimum atomic E-state index is -0.810. The second-order valence-corrected chi connectivity index (χ2v) is 8.39. The SMILES string of the molecule is CCCn1c(N)c(C(=O)COC(=O)c2ccccc2NCCC2=CCCCC2)c(=O)n(C)c1=O. The molecule has 0 saturated heterocycles. The molecular formula is C25H32N4O5. The number of nitrogens with two attached hydrogens (primary N) is 1. The predicted molar refractivity (Wildman–Crippen MR) is 131 cm³/mol. The molecule has 0 aliphatic heterocycles. The number of aromatic nitrogens is 2. The summed E-state index contributed by atoms with van der Waals surface area (Å²) in [5, 5.41) is 3.28. The fraction of sp³-hybridized carbons (Fsp3) is 0.440. The lowest BCUT2D eigenvalue weighted by Gasteiger charge is -2.15. The lowest BCUT2D eigenvalue weighted by Crippen LogP contribution is -2.43. The number of nitrogens with one attached hydrogen (secondary N) is 1. The van der Waals surface area contributed by atoms with E-state index in [-0.39, 0.29) is 17.9 Å². The molecule has 1 aromatic heterocycles. The van der Waals surface area contributed by atoms with Crippen LogP contribution in [0.2, 0.25) is 0 Å². The Kier molecular flexibility index (Phi) is 8.45. The summed E-state index contributed by atoms with van der Waals surface area (Å²) in [6.07, 6.45) is 8.46. The molecule has 0 atom stereocenters. The molecule has 0 bridgehead atoms. The van der Waals surface area contributed by atoms with E-state index >= 15 is 0 Å². The molecule has 1 aromatic carbocycles. The van der Waals surface area contributed by atoms with E-state index in [1.54, 1.807) is 18.2 Å². The van der Waals surface area contributed by atoms with Gasteiger partial charge in [-0.05, 0) is 50.7 Å². The van der Waals surface area contributed by atoms with Crippen LogP contribution in [-0.4, -0.2) is 34.0 Å². The van der Waals surface area contributed by atoms with E-state index in [4.69, 9.17) is 10.5 Å². The Bertz CT molecular complexity index is 1210. The molecule has 3 N–H and O–H groups in total. The zero-order valence-electron chi connectivity index (χ0n) is 19.8. The van der Waals surface area contributed by atoms with Gasteiger partial charge in [-0.15, -0.1) is 0 Å². The number of benzene rings is 1. The highest BCUT2D eigenvalue weighted by atomic mass is 16.5. The van der Waals surface area contributed by atoms with Gasteiger partial charge in [0.15, 0.2) is 6.61 Å². The van der Waals surface area contributed by atoms with Crippen molar-refractivity contribution in [3.05, 3.63) is 67.9 Å². The number of Topliss-reactive ketones (excluding diaryl/α,β-unsaturated/α-hetero) is 1. The molecule has 1 heterocycles. The van der Waals surface area contributed by atoms with Crippen molar-refractivity contribution in [1.82, 2.24) is 9.13 Å². The molecule has 182 valence electrons. The number of ether oxygens (including phenoxy) is 1. The van der Waals surface area contributed by atoms with Gasteiger partial charge in [-0.3, -0.25) is 18.7 Å². The number of nitrogens with zero attached hydrogens (tertiary/aromatic N) is 2. The lowest BCUT2D eigenvalue weighted by molar-refractivity contribution is 0.0475. The minimum Gasteiger partial charge on any atom is -0.454 e. The van der Waals surface area contributed by atoms with Crippen LogP contribution in [0.5, 0.6) is 0 Å². The first-order valence-corrected chi connectivity index (χ1v) is 11.7. The Morgan fingerprint density at radius 2 is 1.94 bits per heavy atom. The first-order chi connectivity index (χ1) is 16.3. The molecule has 0 spiro atoms. The number of carbonyl (C=O) groups excluding carboxylic acids is 2. The van der Waals surface area contributed by atoms with Crippen molar-refractivity contribution >= 4 is 23.3 Å². The monoisotopic (exact) mass is 468 g/mol. The van der Waals surface area contributed by atoms with Crippen LogP contribution in [0, 0.1) is 0 Å². The summed E-state index contributed by atoms with van der Waals surface area (Å²) < 4.78 is 7.24. The maximum atomic E-state index is 12.8. The first-order valence-electron chi connectivity index (χ1n) is 11.7.